The molecule has 0 saturated heterocycles. The minimum atomic E-state index is -0.207. The van der Waals surface area contributed by atoms with Gasteiger partial charge in [0.2, 0.25) is 5.91 Å². The Hall–Kier alpha value is -3.19. The van der Waals surface area contributed by atoms with Gasteiger partial charge in [0.1, 0.15) is 12.6 Å². The van der Waals surface area contributed by atoms with Crippen LogP contribution < -0.4 is 10.2 Å². The summed E-state index contributed by atoms with van der Waals surface area (Å²) in [6.45, 7) is 2.89. The molecule has 0 aliphatic carbocycles. The first kappa shape index (κ1) is 20.1. The van der Waals surface area contributed by atoms with Crippen LogP contribution in [0.25, 0.3) is 5.70 Å². The molecule has 154 valence electrons. The summed E-state index contributed by atoms with van der Waals surface area (Å²) in [6, 6.07) is 17.4. The molecule has 1 aliphatic rings. The standard InChI is InChI=1S/C22H23ClN6O/c1-2-3-13-24-21(30)15-28-19(16-7-5-4-6-8-16)14-20(29-22(28)25-26-27-29)17-9-11-18(23)12-10-17/h4-12,14,20H,2-3,13,15H2,1H3,(H,24,30)/t20-/m0/s1. The zero-order chi connectivity index (χ0) is 20.9. The molecule has 1 N–H and O–H groups in total. The van der Waals surface area contributed by atoms with Gasteiger partial charge in [-0.05, 0) is 46.2 Å². The van der Waals surface area contributed by atoms with Gasteiger partial charge in [-0.1, -0.05) is 72.5 Å². The predicted octanol–water partition coefficient (Wildman–Crippen LogP) is 3.69. The van der Waals surface area contributed by atoms with E-state index in [1.165, 1.54) is 0 Å². The van der Waals surface area contributed by atoms with E-state index < -0.39 is 0 Å². The van der Waals surface area contributed by atoms with E-state index in [-0.39, 0.29) is 18.5 Å². The molecule has 0 radical (unpaired) electrons. The number of hydrogen-bond donors (Lipinski definition) is 1. The van der Waals surface area contributed by atoms with E-state index in [2.05, 4.69) is 33.8 Å². The van der Waals surface area contributed by atoms with Gasteiger partial charge in [0, 0.05) is 11.6 Å². The first-order valence-corrected chi connectivity index (χ1v) is 10.4. The first-order valence-electron chi connectivity index (χ1n) is 10.0. The molecule has 1 aromatic heterocycles. The number of unbranched alkanes of at least 4 members (excludes halogenated alkanes) is 1. The van der Waals surface area contributed by atoms with Crippen LogP contribution in [-0.4, -0.2) is 39.2 Å². The largest absolute Gasteiger partial charge is 0.355 e. The van der Waals surface area contributed by atoms with Crippen LogP contribution in [0.3, 0.4) is 0 Å². The van der Waals surface area contributed by atoms with Crippen molar-refractivity contribution in [2.75, 3.05) is 18.0 Å². The Morgan fingerprint density at radius 3 is 2.63 bits per heavy atom. The van der Waals surface area contributed by atoms with Crippen molar-refractivity contribution in [2.45, 2.75) is 25.8 Å². The van der Waals surface area contributed by atoms with E-state index in [0.717, 1.165) is 29.7 Å². The van der Waals surface area contributed by atoms with Crippen LogP contribution in [-0.2, 0) is 4.79 Å². The van der Waals surface area contributed by atoms with Crippen molar-refractivity contribution in [1.29, 1.82) is 0 Å². The Labute approximate surface area is 180 Å². The number of hydrogen-bond acceptors (Lipinski definition) is 5. The van der Waals surface area contributed by atoms with Crippen LogP contribution in [0.2, 0.25) is 5.02 Å². The van der Waals surface area contributed by atoms with E-state index in [1.54, 1.807) is 4.68 Å². The maximum absolute atomic E-state index is 12.6. The maximum Gasteiger partial charge on any atom is 0.251 e. The number of nitrogens with one attached hydrogen (secondary N) is 1. The molecule has 4 rings (SSSR count). The van der Waals surface area contributed by atoms with E-state index >= 15 is 0 Å². The van der Waals surface area contributed by atoms with Crippen molar-refractivity contribution < 1.29 is 4.79 Å². The molecule has 1 atom stereocenters. The van der Waals surface area contributed by atoms with Gasteiger partial charge in [-0.15, -0.1) is 0 Å². The van der Waals surface area contributed by atoms with Crippen LogP contribution in [0.1, 0.15) is 36.9 Å². The number of tetrazole rings is 1. The number of aromatic nitrogens is 4. The molecule has 0 spiro atoms. The highest BCUT2D eigenvalue weighted by Gasteiger charge is 2.31. The fourth-order valence-electron chi connectivity index (χ4n) is 3.48. The molecule has 8 heteroatoms. The minimum Gasteiger partial charge on any atom is -0.355 e. The van der Waals surface area contributed by atoms with Crippen LogP contribution in [0, 0.1) is 0 Å². The van der Waals surface area contributed by atoms with Gasteiger partial charge in [-0.2, -0.15) is 4.68 Å². The van der Waals surface area contributed by atoms with Gasteiger partial charge >= 0.3 is 0 Å². The monoisotopic (exact) mass is 422 g/mol. The summed E-state index contributed by atoms with van der Waals surface area (Å²) < 4.78 is 1.73. The summed E-state index contributed by atoms with van der Waals surface area (Å²) in [5.41, 5.74) is 2.89. The Kier molecular flexibility index (Phi) is 6.09. The van der Waals surface area contributed by atoms with Crippen LogP contribution in [0.4, 0.5) is 5.95 Å². The Bertz CT molecular complexity index is 1030. The lowest BCUT2D eigenvalue weighted by Crippen LogP contribution is -2.40. The molecule has 3 aromatic rings. The predicted molar refractivity (Wildman–Crippen MR) is 117 cm³/mol. The highest BCUT2D eigenvalue weighted by molar-refractivity contribution is 6.30. The number of fused-ring (bicyclic) bond motifs is 1. The summed E-state index contributed by atoms with van der Waals surface area (Å²) >= 11 is 6.07. The summed E-state index contributed by atoms with van der Waals surface area (Å²) in [4.78, 5) is 14.5. The number of benzene rings is 2. The third-order valence-corrected chi connectivity index (χ3v) is 5.27. The number of carbonyl (C=O) groups excluding carboxylic acids is 1. The third-order valence-electron chi connectivity index (χ3n) is 5.02. The zero-order valence-electron chi connectivity index (χ0n) is 16.7. The molecule has 1 amide bonds. The lowest BCUT2D eigenvalue weighted by molar-refractivity contribution is -0.119. The number of rotatable bonds is 7. The highest BCUT2D eigenvalue weighted by atomic mass is 35.5. The fraction of sp³-hybridized carbons (Fsp3) is 0.273. The van der Waals surface area contributed by atoms with Gasteiger partial charge in [-0.25, -0.2) is 0 Å². The molecule has 0 fully saturated rings. The number of anilines is 1. The molecule has 0 bridgehead atoms. The second-order valence-corrected chi connectivity index (χ2v) is 7.56. The second kappa shape index (κ2) is 9.09. The Morgan fingerprint density at radius 1 is 1.13 bits per heavy atom. The highest BCUT2D eigenvalue weighted by Crippen LogP contribution is 2.36. The van der Waals surface area contributed by atoms with Crippen molar-refractivity contribution in [2.24, 2.45) is 0 Å². The van der Waals surface area contributed by atoms with E-state index in [9.17, 15) is 4.79 Å². The number of amides is 1. The molecular formula is C22H23ClN6O. The first-order chi connectivity index (χ1) is 14.7. The van der Waals surface area contributed by atoms with Gasteiger partial charge < -0.3 is 5.32 Å². The molecule has 1 aliphatic heterocycles. The molecule has 2 heterocycles. The quantitative estimate of drug-likeness (QED) is 0.587. The fourth-order valence-corrected chi connectivity index (χ4v) is 3.61. The van der Waals surface area contributed by atoms with Gasteiger partial charge in [0.05, 0.1) is 5.70 Å². The number of halogens is 1. The van der Waals surface area contributed by atoms with Gasteiger partial charge in [0.15, 0.2) is 0 Å². The lowest BCUT2D eigenvalue weighted by Gasteiger charge is -2.32. The Morgan fingerprint density at radius 2 is 1.90 bits per heavy atom. The second-order valence-electron chi connectivity index (χ2n) is 7.13. The van der Waals surface area contributed by atoms with E-state index in [0.29, 0.717) is 17.5 Å². The zero-order valence-corrected chi connectivity index (χ0v) is 17.5. The van der Waals surface area contributed by atoms with E-state index in [1.807, 2.05) is 59.5 Å². The average Bonchev–Trinajstić information content (AvgIpc) is 3.26. The molecule has 7 nitrogen and oxygen atoms in total. The summed E-state index contributed by atoms with van der Waals surface area (Å²) in [5, 5.41) is 16.0. The normalized spacial score (nSPS) is 15.5. The molecule has 0 unspecified atom stereocenters. The van der Waals surface area contributed by atoms with Crippen molar-refractivity contribution >= 4 is 29.2 Å². The van der Waals surface area contributed by atoms with Crippen LogP contribution in [0.5, 0.6) is 0 Å². The SMILES string of the molecule is CCCCNC(=O)CN1C(c2ccccc2)=C[C@@H](c2ccc(Cl)cc2)n2nnnc21. The average molecular weight is 423 g/mol. The van der Waals surface area contributed by atoms with Crippen molar-refractivity contribution in [3.05, 3.63) is 76.8 Å². The molecule has 2 aromatic carbocycles. The van der Waals surface area contributed by atoms with E-state index in [4.69, 9.17) is 11.6 Å². The van der Waals surface area contributed by atoms with Crippen LogP contribution >= 0.6 is 11.6 Å². The van der Waals surface area contributed by atoms with Crippen molar-refractivity contribution in [1.82, 2.24) is 25.5 Å². The molecule has 0 saturated carbocycles. The topological polar surface area (TPSA) is 75.9 Å². The number of carbonyl (C=O) groups is 1. The summed E-state index contributed by atoms with van der Waals surface area (Å²) in [5.74, 6) is 0.465. The summed E-state index contributed by atoms with van der Waals surface area (Å²) in [7, 11) is 0. The van der Waals surface area contributed by atoms with Crippen molar-refractivity contribution in [3.63, 3.8) is 0 Å². The Balaban J connectivity index is 1.73. The smallest absolute Gasteiger partial charge is 0.251 e. The minimum absolute atomic E-state index is 0.0650. The molecule has 30 heavy (non-hydrogen) atoms. The maximum atomic E-state index is 12.6. The summed E-state index contributed by atoms with van der Waals surface area (Å²) in [6.07, 6.45) is 4.06. The number of allylic oxidation sites excluding steroid dienone is 1. The lowest BCUT2D eigenvalue weighted by atomic mass is 10.0. The third kappa shape index (κ3) is 4.21. The van der Waals surface area contributed by atoms with Crippen molar-refractivity contribution in [3.8, 4) is 0 Å². The van der Waals surface area contributed by atoms with Gasteiger partial charge in [-0.3, -0.25) is 9.69 Å². The van der Waals surface area contributed by atoms with Crippen LogP contribution in [0.15, 0.2) is 60.7 Å². The number of nitrogens with zero attached hydrogens (tertiary/aromatic N) is 5. The van der Waals surface area contributed by atoms with Gasteiger partial charge in [0.25, 0.3) is 5.95 Å². The molecular weight excluding hydrogens is 400 g/mol.